The van der Waals surface area contributed by atoms with Gasteiger partial charge < -0.3 is 10.0 Å². The molecule has 2 rings (SSSR count). The summed E-state index contributed by atoms with van der Waals surface area (Å²) in [6.45, 7) is 5.13. The van der Waals surface area contributed by atoms with Crippen molar-refractivity contribution in [3.63, 3.8) is 0 Å². The van der Waals surface area contributed by atoms with Gasteiger partial charge in [-0.05, 0) is 31.4 Å². The molecule has 1 aromatic rings. The Labute approximate surface area is 107 Å². The standard InChI is InChI=1S/C14H18N2O2/c1-2-6-14(13(17)18)7-3-10-16(11-14)12-4-8-15-9-5-12/h2,4-5,8-9H,1,3,6-7,10-11H2,(H,17,18). The highest BCUT2D eigenvalue weighted by atomic mass is 16.4. The normalized spacial score (nSPS) is 23.7. The van der Waals surface area contributed by atoms with Crippen LogP contribution < -0.4 is 4.90 Å². The van der Waals surface area contributed by atoms with Crippen LogP contribution in [0.5, 0.6) is 0 Å². The molecule has 0 amide bonds. The summed E-state index contributed by atoms with van der Waals surface area (Å²) >= 11 is 0. The minimum Gasteiger partial charge on any atom is -0.481 e. The van der Waals surface area contributed by atoms with E-state index in [2.05, 4.69) is 16.5 Å². The second-order valence-corrected chi connectivity index (χ2v) is 4.81. The van der Waals surface area contributed by atoms with Crippen molar-refractivity contribution in [3.8, 4) is 0 Å². The summed E-state index contributed by atoms with van der Waals surface area (Å²) in [7, 11) is 0. The number of rotatable bonds is 4. The van der Waals surface area contributed by atoms with Gasteiger partial charge in [0.25, 0.3) is 0 Å². The van der Waals surface area contributed by atoms with Crippen molar-refractivity contribution in [2.45, 2.75) is 19.3 Å². The van der Waals surface area contributed by atoms with Crippen LogP contribution in [0.25, 0.3) is 0 Å². The van der Waals surface area contributed by atoms with Gasteiger partial charge in [0, 0.05) is 31.2 Å². The van der Waals surface area contributed by atoms with Crippen LogP contribution in [0.15, 0.2) is 37.2 Å². The maximum atomic E-state index is 11.6. The van der Waals surface area contributed by atoms with Gasteiger partial charge in [-0.2, -0.15) is 0 Å². The lowest BCUT2D eigenvalue weighted by atomic mass is 9.77. The highest BCUT2D eigenvalue weighted by Crippen LogP contribution is 2.36. The SMILES string of the molecule is C=CCC1(C(=O)O)CCCN(c2ccncc2)C1. The molecule has 4 nitrogen and oxygen atoms in total. The molecular weight excluding hydrogens is 228 g/mol. The zero-order valence-corrected chi connectivity index (χ0v) is 10.4. The molecule has 1 atom stereocenters. The van der Waals surface area contributed by atoms with Gasteiger partial charge in [-0.25, -0.2) is 0 Å². The van der Waals surface area contributed by atoms with Gasteiger partial charge in [-0.3, -0.25) is 9.78 Å². The first kappa shape index (κ1) is 12.6. The van der Waals surface area contributed by atoms with Gasteiger partial charge >= 0.3 is 5.97 Å². The van der Waals surface area contributed by atoms with Crippen LogP contribution in [0.1, 0.15) is 19.3 Å². The van der Waals surface area contributed by atoms with Gasteiger partial charge in [-0.15, -0.1) is 6.58 Å². The van der Waals surface area contributed by atoms with Gasteiger partial charge in [0.2, 0.25) is 0 Å². The zero-order valence-electron chi connectivity index (χ0n) is 10.4. The van der Waals surface area contributed by atoms with Crippen LogP contribution in [0.2, 0.25) is 0 Å². The fourth-order valence-corrected chi connectivity index (χ4v) is 2.61. The molecule has 1 fully saturated rings. The van der Waals surface area contributed by atoms with Crippen molar-refractivity contribution in [1.29, 1.82) is 0 Å². The second-order valence-electron chi connectivity index (χ2n) is 4.81. The Bertz CT molecular complexity index is 433. The predicted octanol–water partition coefficient (Wildman–Crippen LogP) is 2.33. The number of piperidine rings is 1. The summed E-state index contributed by atoms with van der Waals surface area (Å²) in [5, 5.41) is 9.50. The number of pyridine rings is 1. The van der Waals surface area contributed by atoms with E-state index in [4.69, 9.17) is 0 Å². The number of anilines is 1. The van der Waals surface area contributed by atoms with Crippen LogP contribution in [0.3, 0.4) is 0 Å². The zero-order chi connectivity index (χ0) is 13.0. The fourth-order valence-electron chi connectivity index (χ4n) is 2.61. The molecule has 0 aliphatic carbocycles. The number of nitrogens with zero attached hydrogens (tertiary/aromatic N) is 2. The molecule has 0 bridgehead atoms. The topological polar surface area (TPSA) is 53.4 Å². The molecule has 4 heteroatoms. The molecule has 1 saturated heterocycles. The van der Waals surface area contributed by atoms with Crippen molar-refractivity contribution in [1.82, 2.24) is 4.98 Å². The number of aromatic nitrogens is 1. The molecule has 1 N–H and O–H groups in total. The van der Waals surface area contributed by atoms with Crippen molar-refractivity contribution < 1.29 is 9.90 Å². The summed E-state index contributed by atoms with van der Waals surface area (Å²) in [6.07, 6.45) is 7.31. The van der Waals surface area contributed by atoms with E-state index in [1.165, 1.54) is 0 Å². The molecule has 1 aromatic heterocycles. The Morgan fingerprint density at radius 1 is 1.56 bits per heavy atom. The van der Waals surface area contributed by atoms with E-state index < -0.39 is 11.4 Å². The first-order valence-corrected chi connectivity index (χ1v) is 6.17. The molecule has 1 aliphatic rings. The highest BCUT2D eigenvalue weighted by molar-refractivity contribution is 5.76. The molecule has 0 radical (unpaired) electrons. The Morgan fingerprint density at radius 3 is 2.89 bits per heavy atom. The smallest absolute Gasteiger partial charge is 0.311 e. The summed E-state index contributed by atoms with van der Waals surface area (Å²) < 4.78 is 0. The Morgan fingerprint density at radius 2 is 2.28 bits per heavy atom. The summed E-state index contributed by atoms with van der Waals surface area (Å²) in [4.78, 5) is 17.7. The van der Waals surface area contributed by atoms with E-state index in [0.717, 1.165) is 25.1 Å². The number of carboxylic acids is 1. The fraction of sp³-hybridized carbons (Fsp3) is 0.429. The maximum absolute atomic E-state index is 11.6. The average molecular weight is 246 g/mol. The minimum atomic E-state index is -0.721. The van der Waals surface area contributed by atoms with Gasteiger partial charge in [0.05, 0.1) is 5.41 Å². The third-order valence-corrected chi connectivity index (χ3v) is 3.59. The van der Waals surface area contributed by atoms with E-state index in [1.54, 1.807) is 18.5 Å². The van der Waals surface area contributed by atoms with Gasteiger partial charge in [0.1, 0.15) is 0 Å². The second kappa shape index (κ2) is 5.21. The first-order valence-electron chi connectivity index (χ1n) is 6.17. The van der Waals surface area contributed by atoms with Crippen molar-refractivity contribution >= 4 is 11.7 Å². The van der Waals surface area contributed by atoms with Gasteiger partial charge in [0.15, 0.2) is 0 Å². The van der Waals surface area contributed by atoms with Gasteiger partial charge in [-0.1, -0.05) is 6.08 Å². The Balaban J connectivity index is 2.21. The predicted molar refractivity (Wildman–Crippen MR) is 70.6 cm³/mol. The van der Waals surface area contributed by atoms with E-state index in [0.29, 0.717) is 13.0 Å². The lowest BCUT2D eigenvalue weighted by molar-refractivity contribution is -0.149. The summed E-state index contributed by atoms with van der Waals surface area (Å²) in [5.41, 5.74) is 0.350. The van der Waals surface area contributed by atoms with Crippen LogP contribution in [0.4, 0.5) is 5.69 Å². The van der Waals surface area contributed by atoms with Crippen molar-refractivity contribution in [2.75, 3.05) is 18.0 Å². The molecule has 18 heavy (non-hydrogen) atoms. The highest BCUT2D eigenvalue weighted by Gasteiger charge is 2.41. The van der Waals surface area contributed by atoms with E-state index >= 15 is 0 Å². The number of hydrogen-bond acceptors (Lipinski definition) is 3. The first-order chi connectivity index (χ1) is 8.68. The number of allylic oxidation sites excluding steroid dienone is 1. The average Bonchev–Trinajstić information content (AvgIpc) is 2.40. The van der Waals surface area contributed by atoms with Crippen LogP contribution in [-0.2, 0) is 4.79 Å². The molecule has 2 heterocycles. The van der Waals surface area contributed by atoms with E-state index in [1.807, 2.05) is 12.1 Å². The Hall–Kier alpha value is -1.84. The molecule has 0 spiro atoms. The molecule has 1 unspecified atom stereocenters. The quantitative estimate of drug-likeness (QED) is 0.828. The Kier molecular flexibility index (Phi) is 3.65. The van der Waals surface area contributed by atoms with Crippen LogP contribution >= 0.6 is 0 Å². The lowest BCUT2D eigenvalue weighted by Gasteiger charge is -2.40. The summed E-state index contributed by atoms with van der Waals surface area (Å²) in [5.74, 6) is -0.721. The van der Waals surface area contributed by atoms with Crippen molar-refractivity contribution in [3.05, 3.63) is 37.2 Å². The third-order valence-electron chi connectivity index (χ3n) is 3.59. The number of aliphatic carboxylic acids is 1. The molecule has 0 saturated carbocycles. The van der Waals surface area contributed by atoms with Crippen LogP contribution in [-0.4, -0.2) is 29.1 Å². The molecule has 1 aliphatic heterocycles. The molecule has 0 aromatic carbocycles. The summed E-state index contributed by atoms with van der Waals surface area (Å²) in [6, 6.07) is 3.84. The van der Waals surface area contributed by atoms with E-state index in [9.17, 15) is 9.90 Å². The number of hydrogen-bond donors (Lipinski definition) is 1. The van der Waals surface area contributed by atoms with E-state index in [-0.39, 0.29) is 0 Å². The molecule has 96 valence electrons. The van der Waals surface area contributed by atoms with Crippen LogP contribution in [0, 0.1) is 5.41 Å². The molecular formula is C14H18N2O2. The van der Waals surface area contributed by atoms with Crippen molar-refractivity contribution in [2.24, 2.45) is 5.41 Å². The largest absolute Gasteiger partial charge is 0.481 e. The maximum Gasteiger partial charge on any atom is 0.311 e. The number of carboxylic acid groups (broad SMARTS) is 1. The number of carbonyl (C=O) groups is 1. The lowest BCUT2D eigenvalue weighted by Crippen LogP contribution is -2.47. The monoisotopic (exact) mass is 246 g/mol. The third kappa shape index (κ3) is 2.37. The minimum absolute atomic E-state index is 0.518.